The SMILES string of the molecule is CCCCC(=O)N[C@H]1CC[C@@H](n2c(=O)c3cc(F)cnc3n(C3CCSCC3)c2=O)CC1. The Kier molecular flexibility index (Phi) is 7.33. The van der Waals surface area contributed by atoms with Crippen molar-refractivity contribution in [1.82, 2.24) is 19.4 Å². The highest BCUT2D eigenvalue weighted by molar-refractivity contribution is 7.99. The van der Waals surface area contributed by atoms with Crippen molar-refractivity contribution < 1.29 is 9.18 Å². The molecule has 2 aliphatic rings. The molecule has 0 aromatic carbocycles. The molecule has 1 N–H and O–H groups in total. The van der Waals surface area contributed by atoms with E-state index in [0.717, 1.165) is 43.4 Å². The van der Waals surface area contributed by atoms with Gasteiger partial charge in [0.25, 0.3) is 5.56 Å². The van der Waals surface area contributed by atoms with Crippen LogP contribution in [0.15, 0.2) is 21.9 Å². The summed E-state index contributed by atoms with van der Waals surface area (Å²) in [6.45, 7) is 2.06. The summed E-state index contributed by atoms with van der Waals surface area (Å²) < 4.78 is 17.0. The van der Waals surface area contributed by atoms with Gasteiger partial charge >= 0.3 is 5.69 Å². The van der Waals surface area contributed by atoms with E-state index >= 15 is 0 Å². The van der Waals surface area contributed by atoms with E-state index in [2.05, 4.69) is 17.2 Å². The largest absolute Gasteiger partial charge is 0.353 e. The predicted octanol–water partition coefficient (Wildman–Crippen LogP) is 3.56. The predicted molar refractivity (Wildman–Crippen MR) is 125 cm³/mol. The Balaban J connectivity index is 1.64. The van der Waals surface area contributed by atoms with E-state index in [4.69, 9.17) is 0 Å². The van der Waals surface area contributed by atoms with Crippen LogP contribution in [0, 0.1) is 5.82 Å². The van der Waals surface area contributed by atoms with Crippen LogP contribution in [0.25, 0.3) is 11.0 Å². The molecule has 1 aliphatic carbocycles. The fraction of sp³-hybridized carbons (Fsp3) is 0.652. The molecule has 1 saturated heterocycles. The highest BCUT2D eigenvalue weighted by atomic mass is 32.2. The molecule has 4 rings (SSSR count). The summed E-state index contributed by atoms with van der Waals surface area (Å²) in [4.78, 5) is 43.1. The summed E-state index contributed by atoms with van der Waals surface area (Å²) in [6, 6.07) is 0.984. The van der Waals surface area contributed by atoms with Gasteiger partial charge in [-0.15, -0.1) is 0 Å². The van der Waals surface area contributed by atoms with Crippen LogP contribution in [0.5, 0.6) is 0 Å². The van der Waals surface area contributed by atoms with E-state index in [1.165, 1.54) is 10.6 Å². The van der Waals surface area contributed by atoms with Crippen molar-refractivity contribution in [3.05, 3.63) is 38.9 Å². The molecular weight excluding hydrogens is 431 g/mol. The Morgan fingerprint density at radius 2 is 1.81 bits per heavy atom. The quantitative estimate of drug-likeness (QED) is 0.710. The molecule has 174 valence electrons. The summed E-state index contributed by atoms with van der Waals surface area (Å²) in [5.74, 6) is 1.38. The number of halogens is 1. The van der Waals surface area contributed by atoms with E-state index in [1.807, 2.05) is 11.8 Å². The lowest BCUT2D eigenvalue weighted by Gasteiger charge is -2.31. The number of nitrogens with zero attached hydrogens (tertiary/aromatic N) is 3. The number of hydrogen-bond acceptors (Lipinski definition) is 5. The summed E-state index contributed by atoms with van der Waals surface area (Å²) in [5.41, 5.74) is -0.519. The van der Waals surface area contributed by atoms with Gasteiger partial charge in [-0.1, -0.05) is 13.3 Å². The molecule has 0 spiro atoms. The highest BCUT2D eigenvalue weighted by Gasteiger charge is 2.29. The first-order valence-corrected chi connectivity index (χ1v) is 12.8. The number of nitrogens with one attached hydrogen (secondary N) is 1. The second-order valence-electron chi connectivity index (χ2n) is 8.87. The van der Waals surface area contributed by atoms with E-state index in [9.17, 15) is 18.8 Å². The second kappa shape index (κ2) is 10.2. The van der Waals surface area contributed by atoms with Crippen molar-refractivity contribution in [3.63, 3.8) is 0 Å². The minimum Gasteiger partial charge on any atom is -0.353 e. The zero-order chi connectivity index (χ0) is 22.7. The first-order valence-electron chi connectivity index (χ1n) is 11.7. The lowest BCUT2D eigenvalue weighted by atomic mass is 9.90. The third-order valence-corrected chi connectivity index (χ3v) is 7.71. The van der Waals surface area contributed by atoms with E-state index < -0.39 is 11.4 Å². The first kappa shape index (κ1) is 23.0. The number of carbonyl (C=O) groups excluding carboxylic acids is 1. The van der Waals surface area contributed by atoms with Gasteiger partial charge in [-0.05, 0) is 62.5 Å². The van der Waals surface area contributed by atoms with Gasteiger partial charge in [-0.3, -0.25) is 18.7 Å². The summed E-state index contributed by atoms with van der Waals surface area (Å²) in [7, 11) is 0. The van der Waals surface area contributed by atoms with Crippen LogP contribution < -0.4 is 16.6 Å². The zero-order valence-corrected chi connectivity index (χ0v) is 19.3. The fourth-order valence-electron chi connectivity index (χ4n) is 4.91. The fourth-order valence-corrected chi connectivity index (χ4v) is 6.00. The van der Waals surface area contributed by atoms with Gasteiger partial charge in [0.1, 0.15) is 11.5 Å². The molecule has 2 fully saturated rings. The standard InChI is InChI=1S/C23H31FN4O3S/c1-2-3-4-20(29)26-16-5-7-17(8-6-16)28-22(30)19-13-15(24)14-25-21(19)27(23(28)31)18-9-11-32-12-10-18/h13-14,16-18H,2-12H2,1H3,(H,26,29)/t16-,17+. The Hall–Kier alpha value is -2.16. The molecule has 2 aromatic rings. The molecule has 9 heteroatoms. The highest BCUT2D eigenvalue weighted by Crippen LogP contribution is 2.30. The zero-order valence-electron chi connectivity index (χ0n) is 18.5. The Labute approximate surface area is 190 Å². The van der Waals surface area contributed by atoms with Crippen LogP contribution in [0.3, 0.4) is 0 Å². The van der Waals surface area contributed by atoms with Crippen LogP contribution in [0.1, 0.15) is 76.8 Å². The van der Waals surface area contributed by atoms with Crippen LogP contribution in [0.4, 0.5) is 4.39 Å². The summed E-state index contributed by atoms with van der Waals surface area (Å²) >= 11 is 1.85. The molecule has 0 atom stereocenters. The maximum atomic E-state index is 14.0. The number of fused-ring (bicyclic) bond motifs is 1. The molecule has 7 nitrogen and oxygen atoms in total. The third-order valence-electron chi connectivity index (χ3n) is 6.66. The Morgan fingerprint density at radius 3 is 2.50 bits per heavy atom. The topological polar surface area (TPSA) is 86.0 Å². The van der Waals surface area contributed by atoms with Crippen LogP contribution >= 0.6 is 11.8 Å². The number of aromatic nitrogens is 3. The molecule has 0 radical (unpaired) electrons. The van der Waals surface area contributed by atoms with Gasteiger partial charge in [-0.25, -0.2) is 14.2 Å². The molecule has 1 aliphatic heterocycles. The summed E-state index contributed by atoms with van der Waals surface area (Å²) in [5, 5.41) is 3.25. The monoisotopic (exact) mass is 462 g/mol. The summed E-state index contributed by atoms with van der Waals surface area (Å²) in [6.07, 6.45) is 7.80. The molecule has 3 heterocycles. The number of carbonyl (C=O) groups is 1. The first-order chi connectivity index (χ1) is 15.5. The van der Waals surface area contributed by atoms with Gasteiger partial charge in [0.15, 0.2) is 0 Å². The Morgan fingerprint density at radius 1 is 1.12 bits per heavy atom. The van der Waals surface area contributed by atoms with E-state index in [-0.39, 0.29) is 40.8 Å². The number of unbranched alkanes of at least 4 members (excludes halogenated alkanes) is 1. The molecule has 1 saturated carbocycles. The van der Waals surface area contributed by atoms with Gasteiger partial charge in [0.2, 0.25) is 5.91 Å². The molecular formula is C23H31FN4O3S. The smallest absolute Gasteiger partial charge is 0.333 e. The maximum Gasteiger partial charge on any atom is 0.333 e. The minimum atomic E-state index is -0.580. The lowest BCUT2D eigenvalue weighted by molar-refractivity contribution is -0.122. The molecule has 2 aromatic heterocycles. The Bertz CT molecular complexity index is 1090. The van der Waals surface area contributed by atoms with Gasteiger partial charge in [0, 0.05) is 24.5 Å². The average Bonchev–Trinajstić information content (AvgIpc) is 2.80. The molecule has 0 unspecified atom stereocenters. The van der Waals surface area contributed by atoms with Crippen molar-refractivity contribution in [3.8, 4) is 0 Å². The van der Waals surface area contributed by atoms with E-state index in [0.29, 0.717) is 32.1 Å². The average molecular weight is 463 g/mol. The molecule has 1 amide bonds. The third kappa shape index (κ3) is 4.77. The molecule has 32 heavy (non-hydrogen) atoms. The van der Waals surface area contributed by atoms with Crippen LogP contribution in [-0.2, 0) is 4.79 Å². The van der Waals surface area contributed by atoms with Crippen molar-refractivity contribution in [2.45, 2.75) is 82.8 Å². The lowest BCUT2D eigenvalue weighted by Crippen LogP contribution is -2.46. The number of pyridine rings is 1. The van der Waals surface area contributed by atoms with Crippen molar-refractivity contribution in [2.75, 3.05) is 11.5 Å². The van der Waals surface area contributed by atoms with Crippen molar-refractivity contribution in [1.29, 1.82) is 0 Å². The second-order valence-corrected chi connectivity index (χ2v) is 10.1. The normalized spacial score (nSPS) is 22.2. The number of thioether (sulfide) groups is 1. The number of rotatable bonds is 6. The van der Waals surface area contributed by atoms with E-state index in [1.54, 1.807) is 4.57 Å². The van der Waals surface area contributed by atoms with Gasteiger partial charge in [0.05, 0.1) is 11.6 Å². The number of hydrogen-bond donors (Lipinski definition) is 1. The maximum absolute atomic E-state index is 14.0. The number of amides is 1. The van der Waals surface area contributed by atoms with Gasteiger partial charge in [-0.2, -0.15) is 11.8 Å². The van der Waals surface area contributed by atoms with Crippen LogP contribution in [0.2, 0.25) is 0 Å². The van der Waals surface area contributed by atoms with Crippen molar-refractivity contribution >= 4 is 28.7 Å². The van der Waals surface area contributed by atoms with Gasteiger partial charge < -0.3 is 5.32 Å². The van der Waals surface area contributed by atoms with Crippen LogP contribution in [-0.4, -0.2) is 37.6 Å². The van der Waals surface area contributed by atoms with Crippen molar-refractivity contribution in [2.24, 2.45) is 0 Å². The minimum absolute atomic E-state index is 0.0368. The molecule has 0 bridgehead atoms.